The molecule has 0 radical (unpaired) electrons. The molecule has 1 aromatic rings. The van der Waals surface area contributed by atoms with Gasteiger partial charge in [0.25, 0.3) is 0 Å². The number of nitrogens with two attached hydrogens (primary N) is 1. The Labute approximate surface area is 118 Å². The highest BCUT2D eigenvalue weighted by Crippen LogP contribution is 2.30. The minimum absolute atomic E-state index is 0. The summed E-state index contributed by atoms with van der Waals surface area (Å²) < 4.78 is 28.5. The zero-order valence-electron chi connectivity index (χ0n) is 11.1. The lowest BCUT2D eigenvalue weighted by Gasteiger charge is -2.31. The highest BCUT2D eigenvalue weighted by atomic mass is 35.5. The SMILES string of the molecule is CC(C)(C)[C@@H](O)[C@@H](N)c1cccc(OC(F)F)c1.Cl. The Balaban J connectivity index is 0.00000324. The predicted molar refractivity (Wildman–Crippen MR) is 72.7 cm³/mol. The van der Waals surface area contributed by atoms with Crippen molar-refractivity contribution < 1.29 is 18.6 Å². The third-order valence-electron chi connectivity index (χ3n) is 2.70. The second-order valence-electron chi connectivity index (χ2n) is 5.29. The molecule has 110 valence electrons. The van der Waals surface area contributed by atoms with Gasteiger partial charge in [-0.2, -0.15) is 8.78 Å². The third-order valence-corrected chi connectivity index (χ3v) is 2.70. The van der Waals surface area contributed by atoms with E-state index in [0.29, 0.717) is 5.56 Å². The van der Waals surface area contributed by atoms with Gasteiger partial charge in [-0.3, -0.25) is 0 Å². The molecule has 0 saturated heterocycles. The van der Waals surface area contributed by atoms with Crippen LogP contribution in [0.1, 0.15) is 32.4 Å². The van der Waals surface area contributed by atoms with Crippen molar-refractivity contribution in [3.05, 3.63) is 29.8 Å². The van der Waals surface area contributed by atoms with Crippen molar-refractivity contribution in [2.75, 3.05) is 0 Å². The molecule has 0 aliphatic heterocycles. The number of rotatable bonds is 4. The molecule has 0 unspecified atom stereocenters. The van der Waals surface area contributed by atoms with Gasteiger partial charge in [0, 0.05) is 0 Å². The molecule has 0 aliphatic carbocycles. The van der Waals surface area contributed by atoms with Crippen LogP contribution >= 0.6 is 12.4 Å². The van der Waals surface area contributed by atoms with Crippen molar-refractivity contribution in [1.82, 2.24) is 0 Å². The van der Waals surface area contributed by atoms with E-state index in [1.807, 2.05) is 20.8 Å². The Morgan fingerprint density at radius 1 is 1.26 bits per heavy atom. The lowest BCUT2D eigenvalue weighted by molar-refractivity contribution is -0.0499. The fourth-order valence-corrected chi connectivity index (χ4v) is 1.62. The average molecular weight is 296 g/mol. The number of aliphatic hydroxyl groups excluding tert-OH is 1. The van der Waals surface area contributed by atoms with Gasteiger partial charge in [0.2, 0.25) is 0 Å². The van der Waals surface area contributed by atoms with Crippen molar-refractivity contribution in [3.63, 3.8) is 0 Å². The lowest BCUT2D eigenvalue weighted by atomic mass is 9.82. The van der Waals surface area contributed by atoms with E-state index in [1.165, 1.54) is 12.1 Å². The van der Waals surface area contributed by atoms with Crippen LogP contribution in [0, 0.1) is 5.41 Å². The topological polar surface area (TPSA) is 55.5 Å². The first kappa shape index (κ1) is 18.1. The summed E-state index contributed by atoms with van der Waals surface area (Å²) in [6.45, 7) is 2.70. The standard InChI is InChI=1S/C13H19F2NO2.ClH/c1-13(2,3)11(17)10(16)8-5-4-6-9(7-8)18-12(14)15;/h4-7,10-12,17H,16H2,1-3H3;1H/t10-,11-;/m0./s1. The summed E-state index contributed by atoms with van der Waals surface area (Å²) in [4.78, 5) is 0. The lowest BCUT2D eigenvalue weighted by Crippen LogP contribution is -2.36. The van der Waals surface area contributed by atoms with E-state index in [2.05, 4.69) is 4.74 Å². The van der Waals surface area contributed by atoms with Gasteiger partial charge in [0.05, 0.1) is 12.1 Å². The molecule has 0 spiro atoms. The number of hydrogen-bond acceptors (Lipinski definition) is 3. The minimum atomic E-state index is -2.87. The first-order chi connectivity index (χ1) is 8.21. The van der Waals surface area contributed by atoms with Crippen LogP contribution < -0.4 is 10.5 Å². The Bertz CT molecular complexity index is 396. The van der Waals surface area contributed by atoms with Gasteiger partial charge in [-0.1, -0.05) is 32.9 Å². The molecule has 1 rings (SSSR count). The summed E-state index contributed by atoms with van der Waals surface area (Å²) in [5, 5.41) is 10.1. The number of hydrogen-bond donors (Lipinski definition) is 2. The van der Waals surface area contributed by atoms with E-state index >= 15 is 0 Å². The molecule has 3 N–H and O–H groups in total. The van der Waals surface area contributed by atoms with Crippen LogP contribution in [-0.4, -0.2) is 17.8 Å². The molecule has 0 fully saturated rings. The van der Waals surface area contributed by atoms with Crippen molar-refractivity contribution in [2.24, 2.45) is 11.1 Å². The maximum Gasteiger partial charge on any atom is 0.387 e. The summed E-state index contributed by atoms with van der Waals surface area (Å²) in [7, 11) is 0. The van der Waals surface area contributed by atoms with E-state index in [1.54, 1.807) is 12.1 Å². The molecule has 2 atom stereocenters. The van der Waals surface area contributed by atoms with Crippen molar-refractivity contribution >= 4 is 12.4 Å². The summed E-state index contributed by atoms with van der Waals surface area (Å²) in [5.74, 6) is 0.0408. The molecule has 0 aliphatic rings. The second kappa shape index (κ2) is 7.03. The first-order valence-electron chi connectivity index (χ1n) is 5.70. The van der Waals surface area contributed by atoms with Crippen LogP contribution in [0.15, 0.2) is 24.3 Å². The Hall–Kier alpha value is -0.910. The summed E-state index contributed by atoms with van der Waals surface area (Å²) in [6.07, 6.45) is -0.778. The van der Waals surface area contributed by atoms with Gasteiger partial charge in [0.1, 0.15) is 5.75 Å². The zero-order chi connectivity index (χ0) is 13.9. The van der Waals surface area contributed by atoms with Gasteiger partial charge in [0.15, 0.2) is 0 Å². The van der Waals surface area contributed by atoms with E-state index in [0.717, 1.165) is 0 Å². The van der Waals surface area contributed by atoms with E-state index in [9.17, 15) is 13.9 Å². The number of halogens is 3. The zero-order valence-corrected chi connectivity index (χ0v) is 12.0. The van der Waals surface area contributed by atoms with E-state index in [-0.39, 0.29) is 23.6 Å². The number of aliphatic hydroxyl groups is 1. The average Bonchev–Trinajstić information content (AvgIpc) is 2.25. The fourth-order valence-electron chi connectivity index (χ4n) is 1.62. The number of ether oxygens (including phenoxy) is 1. The van der Waals surface area contributed by atoms with E-state index in [4.69, 9.17) is 5.73 Å². The summed E-state index contributed by atoms with van der Waals surface area (Å²) >= 11 is 0. The highest BCUT2D eigenvalue weighted by molar-refractivity contribution is 5.85. The molecular formula is C13H20ClF2NO2. The molecule has 3 nitrogen and oxygen atoms in total. The number of benzene rings is 1. The van der Waals surface area contributed by atoms with Gasteiger partial charge >= 0.3 is 6.61 Å². The monoisotopic (exact) mass is 295 g/mol. The first-order valence-corrected chi connectivity index (χ1v) is 5.70. The largest absolute Gasteiger partial charge is 0.435 e. The summed E-state index contributed by atoms with van der Waals surface area (Å²) in [5.41, 5.74) is 6.11. The van der Waals surface area contributed by atoms with Gasteiger partial charge in [-0.15, -0.1) is 12.4 Å². The maximum atomic E-state index is 12.1. The van der Waals surface area contributed by atoms with Gasteiger partial charge in [-0.05, 0) is 23.1 Å². The normalized spacial score (nSPS) is 14.7. The summed E-state index contributed by atoms with van der Waals surface area (Å²) in [6, 6.07) is 5.45. The van der Waals surface area contributed by atoms with E-state index < -0.39 is 18.8 Å². The third kappa shape index (κ3) is 5.30. The Morgan fingerprint density at radius 3 is 2.32 bits per heavy atom. The van der Waals surface area contributed by atoms with Crippen LogP contribution in [0.2, 0.25) is 0 Å². The predicted octanol–water partition coefficient (Wildman–Crippen LogP) is 3.12. The van der Waals surface area contributed by atoms with Crippen molar-refractivity contribution in [2.45, 2.75) is 39.5 Å². The van der Waals surface area contributed by atoms with Crippen LogP contribution in [0.5, 0.6) is 5.75 Å². The second-order valence-corrected chi connectivity index (χ2v) is 5.29. The van der Waals surface area contributed by atoms with Gasteiger partial charge in [-0.25, -0.2) is 0 Å². The van der Waals surface area contributed by atoms with Crippen LogP contribution in [-0.2, 0) is 0 Å². The molecule has 0 saturated carbocycles. The minimum Gasteiger partial charge on any atom is -0.435 e. The molecule has 0 bridgehead atoms. The van der Waals surface area contributed by atoms with Crippen molar-refractivity contribution in [3.8, 4) is 5.75 Å². The molecule has 0 aromatic heterocycles. The molecule has 6 heteroatoms. The Kier molecular flexibility index (Phi) is 6.69. The van der Waals surface area contributed by atoms with Crippen LogP contribution in [0.4, 0.5) is 8.78 Å². The quantitative estimate of drug-likeness (QED) is 0.897. The maximum absolute atomic E-state index is 12.1. The molecule has 0 heterocycles. The number of alkyl halides is 2. The smallest absolute Gasteiger partial charge is 0.387 e. The van der Waals surface area contributed by atoms with Crippen LogP contribution in [0.25, 0.3) is 0 Å². The van der Waals surface area contributed by atoms with Gasteiger partial charge < -0.3 is 15.6 Å². The molecule has 0 amide bonds. The Morgan fingerprint density at radius 2 is 1.84 bits per heavy atom. The molecular weight excluding hydrogens is 276 g/mol. The van der Waals surface area contributed by atoms with Crippen LogP contribution in [0.3, 0.4) is 0 Å². The fraction of sp³-hybridized carbons (Fsp3) is 0.538. The van der Waals surface area contributed by atoms with Crippen molar-refractivity contribution in [1.29, 1.82) is 0 Å². The molecule has 19 heavy (non-hydrogen) atoms. The highest BCUT2D eigenvalue weighted by Gasteiger charge is 2.29. The molecule has 1 aromatic carbocycles.